The number of ether oxygens (including phenoxy) is 1. The molecule has 1 aromatic carbocycles. The van der Waals surface area contributed by atoms with Gasteiger partial charge in [0.25, 0.3) is 0 Å². The zero-order valence-corrected chi connectivity index (χ0v) is 10.8. The normalized spacial score (nSPS) is 12.3. The Kier molecular flexibility index (Phi) is 4.90. The summed E-state index contributed by atoms with van der Waals surface area (Å²) in [5.41, 5.74) is 7.52. The number of benzene rings is 1. The lowest BCUT2D eigenvalue weighted by Crippen LogP contribution is -2.20. The molecule has 0 radical (unpaired) electrons. The van der Waals surface area contributed by atoms with Gasteiger partial charge in [0.05, 0.1) is 12.8 Å². The second kappa shape index (κ2) is 5.97. The Balaban J connectivity index is 2.85. The van der Waals surface area contributed by atoms with Gasteiger partial charge in [0.1, 0.15) is 5.75 Å². The van der Waals surface area contributed by atoms with Crippen LogP contribution < -0.4 is 15.8 Å². The maximum atomic E-state index is 6.01. The highest BCUT2D eigenvalue weighted by atomic mass is 35.5. The van der Waals surface area contributed by atoms with Crippen LogP contribution in [0.3, 0.4) is 0 Å². The van der Waals surface area contributed by atoms with Gasteiger partial charge in [-0.2, -0.15) is 0 Å². The highest BCUT2D eigenvalue weighted by Gasteiger charge is 2.08. The fraction of sp³-hybridized carbons (Fsp3) is 0.500. The van der Waals surface area contributed by atoms with Gasteiger partial charge in [-0.3, -0.25) is 0 Å². The van der Waals surface area contributed by atoms with E-state index in [1.54, 1.807) is 7.11 Å². The monoisotopic (exact) mass is 242 g/mol. The first-order chi connectivity index (χ1) is 7.58. The third-order valence-electron chi connectivity index (χ3n) is 2.49. The summed E-state index contributed by atoms with van der Waals surface area (Å²) < 4.78 is 5.34. The first-order valence-corrected chi connectivity index (χ1v) is 5.74. The molecule has 0 aliphatic carbocycles. The molecule has 1 unspecified atom stereocenters. The Hall–Kier alpha value is -0.930. The maximum Gasteiger partial charge on any atom is 0.144 e. The van der Waals surface area contributed by atoms with E-state index in [0.717, 1.165) is 23.5 Å². The number of hydrogen-bond acceptors (Lipinski definition) is 3. The average molecular weight is 243 g/mol. The first-order valence-electron chi connectivity index (χ1n) is 5.36. The van der Waals surface area contributed by atoms with E-state index < -0.39 is 0 Å². The molecule has 0 aliphatic heterocycles. The topological polar surface area (TPSA) is 47.3 Å². The maximum absolute atomic E-state index is 6.01. The molecule has 0 bridgehead atoms. The van der Waals surface area contributed by atoms with Crippen LogP contribution in [-0.2, 0) is 0 Å². The largest absolute Gasteiger partial charge is 0.494 e. The summed E-state index contributed by atoms with van der Waals surface area (Å²) in [5.74, 6) is 1.26. The second-order valence-electron chi connectivity index (χ2n) is 4.03. The molecule has 4 heteroatoms. The minimum Gasteiger partial charge on any atom is -0.494 e. The third-order valence-corrected chi connectivity index (χ3v) is 2.71. The first kappa shape index (κ1) is 13.1. The summed E-state index contributed by atoms with van der Waals surface area (Å²) in [6.07, 6.45) is 0. The average Bonchev–Trinajstić information content (AvgIpc) is 2.25. The molecule has 1 atom stereocenters. The number of aryl methyl sites for hydroxylation is 1. The summed E-state index contributed by atoms with van der Waals surface area (Å²) >= 11 is 6.01. The van der Waals surface area contributed by atoms with Gasteiger partial charge in [0.15, 0.2) is 0 Å². The summed E-state index contributed by atoms with van der Waals surface area (Å²) in [7, 11) is 1.66. The van der Waals surface area contributed by atoms with Gasteiger partial charge in [-0.15, -0.1) is 0 Å². The van der Waals surface area contributed by atoms with E-state index in [1.807, 2.05) is 19.1 Å². The van der Waals surface area contributed by atoms with E-state index in [9.17, 15) is 0 Å². The van der Waals surface area contributed by atoms with Crippen molar-refractivity contribution in [1.82, 2.24) is 0 Å². The lowest BCUT2D eigenvalue weighted by Gasteiger charge is -2.16. The molecule has 3 nitrogen and oxygen atoms in total. The second-order valence-corrected chi connectivity index (χ2v) is 4.46. The molecule has 0 aromatic heterocycles. The highest BCUT2D eigenvalue weighted by molar-refractivity contribution is 6.31. The van der Waals surface area contributed by atoms with Crippen molar-refractivity contribution in [2.75, 3.05) is 25.5 Å². The number of rotatable bonds is 5. The van der Waals surface area contributed by atoms with Crippen molar-refractivity contribution in [3.05, 3.63) is 22.7 Å². The molecule has 0 heterocycles. The van der Waals surface area contributed by atoms with Crippen LogP contribution in [0.2, 0.25) is 5.02 Å². The van der Waals surface area contributed by atoms with Crippen molar-refractivity contribution in [3.8, 4) is 5.75 Å². The molecule has 16 heavy (non-hydrogen) atoms. The van der Waals surface area contributed by atoms with E-state index in [0.29, 0.717) is 17.5 Å². The number of nitrogens with two attached hydrogens (primary N) is 1. The molecule has 0 fully saturated rings. The predicted octanol–water partition coefficient (Wildman–Crippen LogP) is 2.66. The molecule has 1 aromatic rings. The van der Waals surface area contributed by atoms with Gasteiger partial charge in [-0.05, 0) is 37.1 Å². The van der Waals surface area contributed by atoms with Crippen LogP contribution in [0.4, 0.5) is 5.69 Å². The number of nitrogens with one attached hydrogen (secondary N) is 1. The zero-order chi connectivity index (χ0) is 12.1. The van der Waals surface area contributed by atoms with Gasteiger partial charge < -0.3 is 15.8 Å². The van der Waals surface area contributed by atoms with Crippen LogP contribution >= 0.6 is 11.6 Å². The van der Waals surface area contributed by atoms with E-state index in [1.165, 1.54) is 0 Å². The van der Waals surface area contributed by atoms with E-state index >= 15 is 0 Å². The molecule has 90 valence electrons. The van der Waals surface area contributed by atoms with Crippen molar-refractivity contribution in [2.24, 2.45) is 11.7 Å². The SMILES string of the molecule is COc1c(C)cc(Cl)cc1NCC(C)CN. The summed E-state index contributed by atoms with van der Waals surface area (Å²) in [5, 5.41) is 4.02. The molecule has 3 N–H and O–H groups in total. The quantitative estimate of drug-likeness (QED) is 0.835. The smallest absolute Gasteiger partial charge is 0.144 e. The lowest BCUT2D eigenvalue weighted by molar-refractivity contribution is 0.413. The molecule has 0 amide bonds. The van der Waals surface area contributed by atoms with Crippen molar-refractivity contribution >= 4 is 17.3 Å². The minimum absolute atomic E-state index is 0.420. The Morgan fingerprint density at radius 2 is 2.19 bits per heavy atom. The number of halogens is 1. The van der Waals surface area contributed by atoms with Crippen LogP contribution in [0.15, 0.2) is 12.1 Å². The van der Waals surface area contributed by atoms with Gasteiger partial charge in [-0.25, -0.2) is 0 Å². The molecule has 0 aliphatic rings. The molecular weight excluding hydrogens is 224 g/mol. The minimum atomic E-state index is 0.420. The van der Waals surface area contributed by atoms with E-state index in [-0.39, 0.29) is 0 Å². The molecule has 0 saturated carbocycles. The Morgan fingerprint density at radius 3 is 2.75 bits per heavy atom. The summed E-state index contributed by atoms with van der Waals surface area (Å²) in [6.45, 7) is 5.54. The number of anilines is 1. The van der Waals surface area contributed by atoms with E-state index in [4.69, 9.17) is 22.1 Å². The van der Waals surface area contributed by atoms with Crippen LogP contribution in [0.1, 0.15) is 12.5 Å². The van der Waals surface area contributed by atoms with Crippen LogP contribution in [0, 0.1) is 12.8 Å². The standard InChI is InChI=1S/C12H19ClN2O/c1-8(6-14)7-15-11-5-10(13)4-9(2)12(11)16-3/h4-5,8,15H,6-7,14H2,1-3H3. The van der Waals surface area contributed by atoms with Gasteiger partial charge in [-0.1, -0.05) is 18.5 Å². The fourth-order valence-corrected chi connectivity index (χ4v) is 1.77. The van der Waals surface area contributed by atoms with Crippen LogP contribution in [0.5, 0.6) is 5.75 Å². The highest BCUT2D eigenvalue weighted by Crippen LogP contribution is 2.31. The zero-order valence-electron chi connectivity index (χ0n) is 10.0. The van der Waals surface area contributed by atoms with Crippen LogP contribution in [0.25, 0.3) is 0 Å². The summed E-state index contributed by atoms with van der Waals surface area (Å²) in [4.78, 5) is 0. The summed E-state index contributed by atoms with van der Waals surface area (Å²) in [6, 6.07) is 3.76. The van der Waals surface area contributed by atoms with Gasteiger partial charge >= 0.3 is 0 Å². The molecule has 0 spiro atoms. The number of hydrogen-bond donors (Lipinski definition) is 2. The predicted molar refractivity (Wildman–Crippen MR) is 69.4 cm³/mol. The van der Waals surface area contributed by atoms with Crippen molar-refractivity contribution in [2.45, 2.75) is 13.8 Å². The van der Waals surface area contributed by atoms with Gasteiger partial charge in [0.2, 0.25) is 0 Å². The lowest BCUT2D eigenvalue weighted by atomic mass is 10.1. The molecular formula is C12H19ClN2O. The number of methoxy groups -OCH3 is 1. The fourth-order valence-electron chi connectivity index (χ4n) is 1.50. The molecule has 0 saturated heterocycles. The van der Waals surface area contributed by atoms with Crippen molar-refractivity contribution in [3.63, 3.8) is 0 Å². The van der Waals surface area contributed by atoms with Crippen molar-refractivity contribution in [1.29, 1.82) is 0 Å². The molecule has 1 rings (SSSR count). The Labute approximate surface area is 102 Å². The Bertz CT molecular complexity index is 355. The van der Waals surface area contributed by atoms with Crippen LogP contribution in [-0.4, -0.2) is 20.2 Å². The third kappa shape index (κ3) is 3.29. The van der Waals surface area contributed by atoms with Crippen molar-refractivity contribution < 1.29 is 4.74 Å². The van der Waals surface area contributed by atoms with Gasteiger partial charge in [0, 0.05) is 11.6 Å². The van der Waals surface area contributed by atoms with E-state index in [2.05, 4.69) is 12.2 Å². The Morgan fingerprint density at radius 1 is 1.50 bits per heavy atom.